The average molecular weight is 336 g/mol. The fourth-order valence-corrected chi connectivity index (χ4v) is 5.72. The first kappa shape index (κ1) is 16.5. The van der Waals surface area contributed by atoms with Crippen molar-refractivity contribution in [1.82, 2.24) is 4.31 Å². The van der Waals surface area contributed by atoms with Crippen molar-refractivity contribution < 1.29 is 13.2 Å². The third kappa shape index (κ3) is 2.78. The van der Waals surface area contributed by atoms with Crippen molar-refractivity contribution >= 4 is 21.6 Å². The SMILES string of the molecule is CC1CCCC(C)N1S(=O)(=O)c1ccc2c(c1)CCC(=O)N2C. The predicted octanol–water partition coefficient (Wildman–Crippen LogP) is 2.55. The second-order valence-corrected chi connectivity index (χ2v) is 8.55. The van der Waals surface area contributed by atoms with Crippen LogP contribution in [0.5, 0.6) is 0 Å². The zero-order valence-corrected chi connectivity index (χ0v) is 14.8. The number of hydrogen-bond donors (Lipinski definition) is 0. The molecule has 1 aromatic carbocycles. The van der Waals surface area contributed by atoms with Crippen LogP contribution >= 0.6 is 0 Å². The summed E-state index contributed by atoms with van der Waals surface area (Å²) in [5, 5.41) is 0. The number of piperidine rings is 1. The van der Waals surface area contributed by atoms with Crippen LogP contribution in [0.1, 0.15) is 45.1 Å². The van der Waals surface area contributed by atoms with Crippen molar-refractivity contribution in [2.45, 2.75) is 62.9 Å². The van der Waals surface area contributed by atoms with Gasteiger partial charge in [0.1, 0.15) is 0 Å². The summed E-state index contributed by atoms with van der Waals surface area (Å²) in [4.78, 5) is 13.7. The van der Waals surface area contributed by atoms with E-state index in [1.807, 2.05) is 13.8 Å². The van der Waals surface area contributed by atoms with Gasteiger partial charge in [0, 0.05) is 31.2 Å². The summed E-state index contributed by atoms with van der Waals surface area (Å²) in [6.45, 7) is 3.97. The minimum atomic E-state index is -3.50. The smallest absolute Gasteiger partial charge is 0.243 e. The predicted molar refractivity (Wildman–Crippen MR) is 90.0 cm³/mol. The highest BCUT2D eigenvalue weighted by Crippen LogP contribution is 2.33. The van der Waals surface area contributed by atoms with E-state index in [2.05, 4.69) is 0 Å². The highest BCUT2D eigenvalue weighted by molar-refractivity contribution is 7.89. The largest absolute Gasteiger partial charge is 0.315 e. The van der Waals surface area contributed by atoms with Gasteiger partial charge in [-0.1, -0.05) is 6.42 Å². The quantitative estimate of drug-likeness (QED) is 0.834. The van der Waals surface area contributed by atoms with Crippen molar-refractivity contribution in [3.05, 3.63) is 23.8 Å². The van der Waals surface area contributed by atoms with Crippen LogP contribution in [-0.2, 0) is 21.2 Å². The molecule has 1 amide bonds. The van der Waals surface area contributed by atoms with Gasteiger partial charge >= 0.3 is 0 Å². The average Bonchev–Trinajstić information content (AvgIpc) is 2.50. The molecule has 0 N–H and O–H groups in total. The fraction of sp³-hybridized carbons (Fsp3) is 0.588. The molecule has 5 nitrogen and oxygen atoms in total. The minimum absolute atomic E-state index is 0.0315. The Balaban J connectivity index is 1.99. The molecule has 0 aliphatic carbocycles. The lowest BCUT2D eigenvalue weighted by Gasteiger charge is -2.38. The van der Waals surface area contributed by atoms with Gasteiger partial charge in [0.2, 0.25) is 15.9 Å². The number of amides is 1. The number of benzene rings is 1. The molecule has 2 aliphatic rings. The first-order valence-electron chi connectivity index (χ1n) is 8.25. The number of carbonyl (C=O) groups is 1. The van der Waals surface area contributed by atoms with Crippen LogP contribution in [-0.4, -0.2) is 37.8 Å². The molecule has 2 aliphatic heterocycles. The Bertz CT molecular complexity index is 719. The van der Waals surface area contributed by atoms with Crippen LogP contribution in [0.3, 0.4) is 0 Å². The Morgan fingerprint density at radius 2 is 1.74 bits per heavy atom. The Kier molecular flexibility index (Phi) is 4.23. The molecule has 2 atom stereocenters. The summed E-state index contributed by atoms with van der Waals surface area (Å²) in [7, 11) is -1.76. The van der Waals surface area contributed by atoms with Gasteiger partial charge in [-0.15, -0.1) is 0 Å². The van der Waals surface area contributed by atoms with Crippen LogP contribution in [0.25, 0.3) is 0 Å². The monoisotopic (exact) mass is 336 g/mol. The van der Waals surface area contributed by atoms with Crippen LogP contribution in [0.2, 0.25) is 0 Å². The van der Waals surface area contributed by atoms with E-state index in [9.17, 15) is 13.2 Å². The molecular formula is C17H24N2O3S. The lowest BCUT2D eigenvalue weighted by Crippen LogP contribution is -2.47. The van der Waals surface area contributed by atoms with Gasteiger partial charge in [-0.3, -0.25) is 4.79 Å². The number of fused-ring (bicyclic) bond motifs is 1. The van der Waals surface area contributed by atoms with E-state index in [0.717, 1.165) is 30.5 Å². The lowest BCUT2D eigenvalue weighted by molar-refractivity contribution is -0.118. The Morgan fingerprint density at radius 3 is 2.39 bits per heavy atom. The molecule has 2 heterocycles. The third-order valence-electron chi connectivity index (χ3n) is 5.08. The van der Waals surface area contributed by atoms with E-state index in [-0.39, 0.29) is 18.0 Å². The van der Waals surface area contributed by atoms with Gasteiger partial charge in [-0.05, 0) is 56.9 Å². The molecule has 2 unspecified atom stereocenters. The molecule has 0 aromatic heterocycles. The van der Waals surface area contributed by atoms with Crippen molar-refractivity contribution in [2.75, 3.05) is 11.9 Å². The van der Waals surface area contributed by atoms with Crippen LogP contribution in [0.4, 0.5) is 5.69 Å². The molecule has 0 bridgehead atoms. The van der Waals surface area contributed by atoms with Crippen molar-refractivity contribution in [2.24, 2.45) is 0 Å². The first-order chi connectivity index (χ1) is 10.8. The molecule has 6 heteroatoms. The molecule has 1 aromatic rings. The van der Waals surface area contributed by atoms with Gasteiger partial charge in [-0.2, -0.15) is 4.31 Å². The topological polar surface area (TPSA) is 57.7 Å². The number of aryl methyl sites for hydroxylation is 1. The molecule has 3 rings (SSSR count). The highest BCUT2D eigenvalue weighted by Gasteiger charge is 2.36. The summed E-state index contributed by atoms with van der Waals surface area (Å²) >= 11 is 0. The van der Waals surface area contributed by atoms with E-state index >= 15 is 0 Å². The molecular weight excluding hydrogens is 312 g/mol. The maximum Gasteiger partial charge on any atom is 0.243 e. The minimum Gasteiger partial charge on any atom is -0.315 e. The van der Waals surface area contributed by atoms with E-state index in [1.54, 1.807) is 34.5 Å². The lowest BCUT2D eigenvalue weighted by atomic mass is 10.0. The van der Waals surface area contributed by atoms with E-state index in [4.69, 9.17) is 0 Å². The standard InChI is InChI=1S/C17H24N2O3S/c1-12-5-4-6-13(2)19(12)23(21,22)15-8-9-16-14(11-15)7-10-17(20)18(16)3/h8-9,11-13H,4-7,10H2,1-3H3. The van der Waals surface area contributed by atoms with E-state index in [1.165, 1.54) is 0 Å². The summed E-state index contributed by atoms with van der Waals surface area (Å²) in [5.74, 6) is 0.0754. The second kappa shape index (κ2) is 5.91. The molecule has 0 saturated carbocycles. The maximum absolute atomic E-state index is 13.1. The zero-order chi connectivity index (χ0) is 16.8. The Hall–Kier alpha value is -1.40. The summed E-state index contributed by atoms with van der Waals surface area (Å²) < 4.78 is 27.8. The van der Waals surface area contributed by atoms with Crippen LogP contribution in [0.15, 0.2) is 23.1 Å². The number of nitrogens with zero attached hydrogens (tertiary/aromatic N) is 2. The van der Waals surface area contributed by atoms with Crippen LogP contribution < -0.4 is 4.90 Å². The first-order valence-corrected chi connectivity index (χ1v) is 9.69. The Labute approximate surface area is 138 Å². The zero-order valence-electron chi connectivity index (χ0n) is 13.9. The van der Waals surface area contributed by atoms with Gasteiger partial charge in [0.25, 0.3) is 0 Å². The third-order valence-corrected chi connectivity index (χ3v) is 7.21. The van der Waals surface area contributed by atoms with E-state index < -0.39 is 10.0 Å². The van der Waals surface area contributed by atoms with Crippen LogP contribution in [0, 0.1) is 0 Å². The second-order valence-electron chi connectivity index (χ2n) is 6.71. The van der Waals surface area contributed by atoms with Gasteiger partial charge in [0.05, 0.1) is 4.90 Å². The Morgan fingerprint density at radius 1 is 1.09 bits per heavy atom. The molecule has 0 radical (unpaired) electrons. The van der Waals surface area contributed by atoms with Gasteiger partial charge < -0.3 is 4.90 Å². The van der Waals surface area contributed by atoms with Gasteiger partial charge in [-0.25, -0.2) is 8.42 Å². The van der Waals surface area contributed by atoms with Crippen molar-refractivity contribution in [3.8, 4) is 0 Å². The number of hydrogen-bond acceptors (Lipinski definition) is 3. The summed E-state index contributed by atoms with van der Waals surface area (Å²) in [5.41, 5.74) is 1.76. The van der Waals surface area contributed by atoms with Gasteiger partial charge in [0.15, 0.2) is 0 Å². The number of rotatable bonds is 2. The van der Waals surface area contributed by atoms with Crippen molar-refractivity contribution in [3.63, 3.8) is 0 Å². The molecule has 126 valence electrons. The number of carbonyl (C=O) groups excluding carboxylic acids is 1. The summed E-state index contributed by atoms with van der Waals surface area (Å²) in [6.07, 6.45) is 3.93. The normalized spacial score (nSPS) is 26.2. The maximum atomic E-state index is 13.1. The number of anilines is 1. The summed E-state index contributed by atoms with van der Waals surface area (Å²) in [6, 6.07) is 5.21. The number of sulfonamides is 1. The molecule has 1 saturated heterocycles. The molecule has 0 spiro atoms. The van der Waals surface area contributed by atoms with Crippen molar-refractivity contribution in [1.29, 1.82) is 0 Å². The fourth-order valence-electron chi connectivity index (χ4n) is 3.79. The molecule has 23 heavy (non-hydrogen) atoms. The highest BCUT2D eigenvalue weighted by atomic mass is 32.2. The molecule has 1 fully saturated rings. The van der Waals surface area contributed by atoms with E-state index in [0.29, 0.717) is 17.7 Å².